The van der Waals surface area contributed by atoms with Crippen LogP contribution in [0.25, 0.3) is 0 Å². The third kappa shape index (κ3) is 5.42. The van der Waals surface area contributed by atoms with E-state index < -0.39 is 10.9 Å². The maximum atomic E-state index is 14.8. The Kier molecular flexibility index (Phi) is 7.21. The van der Waals surface area contributed by atoms with Gasteiger partial charge in [-0.05, 0) is 44.4 Å². The van der Waals surface area contributed by atoms with Crippen LogP contribution in [0.4, 0.5) is 10.1 Å². The number of nitrogens with zero attached hydrogens (tertiary/aromatic N) is 1. The van der Waals surface area contributed by atoms with Crippen molar-refractivity contribution in [2.24, 2.45) is 10.7 Å². The molecular formula is C21H26ClFN4O2S. The fourth-order valence-corrected chi connectivity index (χ4v) is 5.47. The Morgan fingerprint density at radius 1 is 1.50 bits per heavy atom. The van der Waals surface area contributed by atoms with Crippen molar-refractivity contribution in [2.75, 3.05) is 18.5 Å². The molecule has 1 aromatic carbocycles. The van der Waals surface area contributed by atoms with Gasteiger partial charge in [-0.3, -0.25) is 9.79 Å². The van der Waals surface area contributed by atoms with Gasteiger partial charge in [0.25, 0.3) is 0 Å². The van der Waals surface area contributed by atoms with Gasteiger partial charge in [0.2, 0.25) is 5.91 Å². The number of thioether (sulfide) groups is 1. The number of aliphatic imine (C=N–C) groups is 1. The van der Waals surface area contributed by atoms with Gasteiger partial charge >= 0.3 is 0 Å². The molecule has 9 heteroatoms. The molecule has 2 atom stereocenters. The minimum absolute atomic E-state index is 0.103. The predicted octanol–water partition coefficient (Wildman–Crippen LogP) is 4.18. The summed E-state index contributed by atoms with van der Waals surface area (Å²) in [4.78, 5) is 16.8. The van der Waals surface area contributed by atoms with Gasteiger partial charge in [-0.2, -0.15) is 0 Å². The number of amides is 1. The molecule has 6 nitrogen and oxygen atoms in total. The first-order valence-corrected chi connectivity index (χ1v) is 11.0. The molecule has 1 fully saturated rings. The van der Waals surface area contributed by atoms with Crippen molar-refractivity contribution in [1.82, 2.24) is 0 Å². The van der Waals surface area contributed by atoms with E-state index in [1.54, 1.807) is 30.0 Å². The van der Waals surface area contributed by atoms with Crippen LogP contribution in [0.3, 0.4) is 0 Å². The fourth-order valence-electron chi connectivity index (χ4n) is 3.96. The summed E-state index contributed by atoms with van der Waals surface area (Å²) in [6, 6.07) is 4.51. The van der Waals surface area contributed by atoms with Gasteiger partial charge in [-0.25, -0.2) is 4.39 Å². The number of carbonyl (C=O) groups is 1. The summed E-state index contributed by atoms with van der Waals surface area (Å²) in [6.45, 7) is 3.20. The van der Waals surface area contributed by atoms with Crippen LogP contribution in [0.2, 0.25) is 0 Å². The van der Waals surface area contributed by atoms with Crippen LogP contribution in [0, 0.1) is 11.2 Å². The largest absolute Gasteiger partial charge is 0.381 e. The lowest BCUT2D eigenvalue weighted by atomic mass is 9.79. The average molecular weight is 453 g/mol. The standard InChI is InChI=1S/C21H26ClFN4O2S/c1-20(13-21(30-19(25)27-20)7-9-29-10-8-21)16-11-15(5-6-17(16)23)26-18(28)4-2-3-14(22)12-24/h2-3,5-6,11-12,14,24H,4,7-10,13H2,1H3,(H2,25,27)(H,26,28)/b3-2-,24-12?. The molecule has 1 amide bonds. The van der Waals surface area contributed by atoms with Crippen molar-refractivity contribution in [1.29, 1.82) is 5.41 Å². The molecular weight excluding hydrogens is 427 g/mol. The molecule has 0 radical (unpaired) electrons. The van der Waals surface area contributed by atoms with E-state index in [0.717, 1.165) is 19.1 Å². The summed E-state index contributed by atoms with van der Waals surface area (Å²) in [5.41, 5.74) is 6.24. The van der Waals surface area contributed by atoms with Gasteiger partial charge in [-0.1, -0.05) is 23.9 Å². The van der Waals surface area contributed by atoms with Crippen LogP contribution in [-0.2, 0) is 15.1 Å². The van der Waals surface area contributed by atoms with Crippen LogP contribution in [0.1, 0.15) is 38.2 Å². The van der Waals surface area contributed by atoms with E-state index in [9.17, 15) is 9.18 Å². The molecule has 0 aliphatic carbocycles. The van der Waals surface area contributed by atoms with Crippen LogP contribution < -0.4 is 11.1 Å². The number of rotatable bonds is 6. The van der Waals surface area contributed by atoms with Gasteiger partial charge in [0.1, 0.15) is 5.82 Å². The number of amidine groups is 1. The van der Waals surface area contributed by atoms with Crippen LogP contribution >= 0.6 is 23.4 Å². The number of allylic oxidation sites excluding steroid dienone is 1. The van der Waals surface area contributed by atoms with Gasteiger partial charge in [0.15, 0.2) is 5.17 Å². The number of ether oxygens (including phenoxy) is 1. The van der Waals surface area contributed by atoms with Crippen molar-refractivity contribution in [3.8, 4) is 0 Å². The molecule has 1 saturated heterocycles. The second kappa shape index (κ2) is 9.49. The maximum absolute atomic E-state index is 14.8. The van der Waals surface area contributed by atoms with Crippen LogP contribution in [0.5, 0.6) is 0 Å². The number of carbonyl (C=O) groups excluding carboxylic acids is 1. The third-order valence-electron chi connectivity index (χ3n) is 5.36. The molecule has 1 aromatic rings. The zero-order chi connectivity index (χ0) is 21.8. The second-order valence-electron chi connectivity index (χ2n) is 7.78. The number of hydrogen-bond donors (Lipinski definition) is 3. The molecule has 2 aliphatic rings. The van der Waals surface area contributed by atoms with Gasteiger partial charge in [0, 0.05) is 41.8 Å². The first kappa shape index (κ1) is 22.8. The second-order valence-corrected chi connectivity index (χ2v) is 9.78. The first-order valence-electron chi connectivity index (χ1n) is 9.79. The molecule has 0 aromatic heterocycles. The molecule has 1 spiro atoms. The SMILES string of the molecule is CC1(c2cc(NC(=O)C/C=C\C(Cl)C=N)ccc2F)CC2(CCOCC2)SC(N)=N1. The van der Waals surface area contributed by atoms with E-state index in [1.807, 2.05) is 6.92 Å². The smallest absolute Gasteiger partial charge is 0.228 e. The van der Waals surface area contributed by atoms with Crippen molar-refractivity contribution in [2.45, 2.75) is 48.3 Å². The van der Waals surface area contributed by atoms with E-state index >= 15 is 0 Å². The Balaban J connectivity index is 1.80. The molecule has 3 rings (SSSR count). The summed E-state index contributed by atoms with van der Waals surface area (Å²) in [5, 5.41) is 9.73. The number of halogens is 2. The van der Waals surface area contributed by atoms with E-state index in [4.69, 9.17) is 27.5 Å². The van der Waals surface area contributed by atoms with Crippen molar-refractivity contribution >= 4 is 46.3 Å². The minimum atomic E-state index is -0.826. The van der Waals surface area contributed by atoms with Crippen LogP contribution in [-0.4, -0.2) is 40.6 Å². The lowest BCUT2D eigenvalue weighted by Gasteiger charge is -2.45. The summed E-state index contributed by atoms with van der Waals surface area (Å²) < 4.78 is 20.2. The zero-order valence-corrected chi connectivity index (χ0v) is 18.4. The first-order chi connectivity index (χ1) is 14.3. The molecule has 2 unspecified atom stereocenters. The third-order valence-corrected chi connectivity index (χ3v) is 6.92. The molecule has 30 heavy (non-hydrogen) atoms. The summed E-state index contributed by atoms with van der Waals surface area (Å²) in [5.74, 6) is -0.636. The molecule has 0 bridgehead atoms. The Morgan fingerprint density at radius 2 is 2.23 bits per heavy atom. The molecule has 4 N–H and O–H groups in total. The normalized spacial score (nSPS) is 24.4. The molecule has 0 saturated carbocycles. The van der Waals surface area contributed by atoms with Crippen molar-refractivity contribution < 1.29 is 13.9 Å². The highest BCUT2D eigenvalue weighted by Crippen LogP contribution is 2.50. The highest BCUT2D eigenvalue weighted by Gasteiger charge is 2.46. The summed E-state index contributed by atoms with van der Waals surface area (Å²) in [6.07, 6.45) is 6.66. The average Bonchev–Trinajstić information content (AvgIpc) is 2.68. The molecule has 162 valence electrons. The van der Waals surface area contributed by atoms with Crippen molar-refractivity contribution in [3.05, 3.63) is 41.7 Å². The van der Waals surface area contributed by atoms with Crippen molar-refractivity contribution in [3.63, 3.8) is 0 Å². The Bertz CT molecular complexity index is 873. The zero-order valence-electron chi connectivity index (χ0n) is 16.8. The van der Waals surface area contributed by atoms with E-state index in [2.05, 4.69) is 10.3 Å². The predicted molar refractivity (Wildman–Crippen MR) is 121 cm³/mol. The Labute approximate surface area is 185 Å². The highest BCUT2D eigenvalue weighted by molar-refractivity contribution is 8.15. The highest BCUT2D eigenvalue weighted by atomic mass is 35.5. The van der Waals surface area contributed by atoms with E-state index in [-0.39, 0.29) is 22.9 Å². The van der Waals surface area contributed by atoms with Gasteiger partial charge in [-0.15, -0.1) is 11.6 Å². The quantitative estimate of drug-likeness (QED) is 0.342. The number of anilines is 1. The van der Waals surface area contributed by atoms with Gasteiger partial charge in [0.05, 0.1) is 10.9 Å². The maximum Gasteiger partial charge on any atom is 0.228 e. The molecule has 2 aliphatic heterocycles. The Hall–Kier alpha value is -1.90. The Morgan fingerprint density at radius 3 is 2.93 bits per heavy atom. The lowest BCUT2D eigenvalue weighted by Crippen LogP contribution is -2.45. The number of benzene rings is 1. The van der Waals surface area contributed by atoms with Gasteiger partial charge < -0.3 is 21.2 Å². The van der Waals surface area contributed by atoms with E-state index in [0.29, 0.717) is 36.1 Å². The summed E-state index contributed by atoms with van der Waals surface area (Å²) in [7, 11) is 0. The fraction of sp³-hybridized carbons (Fsp3) is 0.476. The number of hydrogen-bond acceptors (Lipinski definition) is 6. The monoisotopic (exact) mass is 452 g/mol. The number of nitrogens with one attached hydrogen (secondary N) is 2. The number of nitrogens with two attached hydrogens (primary N) is 1. The topological polar surface area (TPSA) is 101 Å². The van der Waals surface area contributed by atoms with E-state index in [1.165, 1.54) is 12.1 Å². The summed E-state index contributed by atoms with van der Waals surface area (Å²) >= 11 is 7.35. The lowest BCUT2D eigenvalue weighted by molar-refractivity contribution is -0.115. The number of alkyl halides is 1. The minimum Gasteiger partial charge on any atom is -0.381 e. The molecule has 2 heterocycles. The van der Waals surface area contributed by atoms with Crippen LogP contribution in [0.15, 0.2) is 35.3 Å².